The quantitative estimate of drug-likeness (QED) is 0.321. The number of rotatable bonds is 7. The van der Waals surface area contributed by atoms with Crippen LogP contribution in [0, 0.1) is 29.2 Å². The fourth-order valence-corrected chi connectivity index (χ4v) is 5.25. The van der Waals surface area contributed by atoms with Crippen LogP contribution in [0.3, 0.4) is 0 Å². The first-order valence-corrected chi connectivity index (χ1v) is 13.1. The van der Waals surface area contributed by atoms with Gasteiger partial charge >= 0.3 is 5.97 Å². The van der Waals surface area contributed by atoms with Gasteiger partial charge in [0.25, 0.3) is 16.1 Å². The molecule has 0 saturated carbocycles. The first-order valence-electron chi connectivity index (χ1n) is 11.7. The summed E-state index contributed by atoms with van der Waals surface area (Å²) in [5.41, 5.74) is 2.72. The molecule has 1 aliphatic heterocycles. The summed E-state index contributed by atoms with van der Waals surface area (Å²) in [6.45, 7) is 4.70. The highest BCUT2D eigenvalue weighted by atomic mass is 32.2. The molecule has 0 unspecified atom stereocenters. The van der Waals surface area contributed by atoms with Gasteiger partial charge in [-0.2, -0.15) is 22.7 Å². The van der Waals surface area contributed by atoms with Gasteiger partial charge in [-0.15, -0.1) is 0 Å². The number of aliphatic carboxylic acids is 1. The van der Waals surface area contributed by atoms with Crippen molar-refractivity contribution in [1.82, 2.24) is 13.9 Å². The summed E-state index contributed by atoms with van der Waals surface area (Å²) in [6.07, 6.45) is 1.78. The summed E-state index contributed by atoms with van der Waals surface area (Å²) in [7, 11) is -2.51. The predicted octanol–water partition coefficient (Wildman–Crippen LogP) is 1.71. The molecule has 1 amide bonds. The monoisotopic (exact) mass is 523 g/mol. The van der Waals surface area contributed by atoms with Crippen LogP contribution in [-0.2, 0) is 15.0 Å². The van der Waals surface area contributed by atoms with Crippen LogP contribution in [0.5, 0.6) is 0 Å². The Hall–Kier alpha value is -3.90. The van der Waals surface area contributed by atoms with E-state index in [4.69, 9.17) is 5.26 Å². The van der Waals surface area contributed by atoms with Gasteiger partial charge in [0.2, 0.25) is 0 Å². The summed E-state index contributed by atoms with van der Waals surface area (Å²) in [6, 6.07) is 13.1. The Morgan fingerprint density at radius 2 is 1.65 bits per heavy atom. The molecular weight excluding hydrogens is 494 g/mol. The number of nitrogens with one attached hydrogen (secondary N) is 1. The van der Waals surface area contributed by atoms with Gasteiger partial charge in [0.1, 0.15) is 6.04 Å². The predicted molar refractivity (Wildman–Crippen MR) is 139 cm³/mol. The van der Waals surface area contributed by atoms with Gasteiger partial charge in [-0.25, -0.2) is 4.90 Å². The molecule has 1 saturated heterocycles. The summed E-state index contributed by atoms with van der Waals surface area (Å²) in [4.78, 5) is 26.5. The lowest BCUT2D eigenvalue weighted by atomic mass is 10.1. The Morgan fingerprint density at radius 3 is 2.22 bits per heavy atom. The van der Waals surface area contributed by atoms with Gasteiger partial charge in [-0.05, 0) is 48.4 Å². The van der Waals surface area contributed by atoms with E-state index in [9.17, 15) is 23.1 Å². The zero-order valence-corrected chi connectivity index (χ0v) is 21.7. The molecule has 0 aromatic heterocycles. The largest absolute Gasteiger partial charge is 0.480 e. The van der Waals surface area contributed by atoms with E-state index in [1.54, 1.807) is 44.3 Å². The molecule has 2 N–H and O–H groups in total. The zero-order valence-electron chi connectivity index (χ0n) is 20.9. The molecule has 11 heteroatoms. The van der Waals surface area contributed by atoms with Crippen LogP contribution in [0.2, 0.25) is 0 Å². The van der Waals surface area contributed by atoms with Crippen molar-refractivity contribution in [1.29, 1.82) is 5.26 Å². The first kappa shape index (κ1) is 27.7. The fourth-order valence-electron chi connectivity index (χ4n) is 3.76. The number of benzene rings is 2. The summed E-state index contributed by atoms with van der Waals surface area (Å²) in [5.74, 6) is 4.10. The number of carboxylic acid groups (broad SMARTS) is 1. The second kappa shape index (κ2) is 11.9. The van der Waals surface area contributed by atoms with Crippen LogP contribution in [-0.4, -0.2) is 73.9 Å². The van der Waals surface area contributed by atoms with E-state index >= 15 is 0 Å². The average molecular weight is 524 g/mol. The standard InChI is InChI=1S/C26H29N5O5S/c1-19(2)24(26(33)34)28-37(35,36)31-15-13-30(14-16-31)23-11-9-20(10-12-23)7-8-21-5-4-6-22(17-21)25(32)29(3)18-27/h4-6,9-12,17,19,24,28H,13-16H2,1-3H3,(H,33,34)/t24-/m1/s1. The lowest BCUT2D eigenvalue weighted by molar-refractivity contribution is -0.140. The van der Waals surface area contributed by atoms with Gasteiger partial charge in [-0.1, -0.05) is 31.8 Å². The van der Waals surface area contributed by atoms with Crippen molar-refractivity contribution in [2.24, 2.45) is 5.92 Å². The molecule has 1 fully saturated rings. The van der Waals surface area contributed by atoms with Crippen molar-refractivity contribution in [3.8, 4) is 18.0 Å². The number of amides is 1. The highest BCUT2D eigenvalue weighted by Crippen LogP contribution is 2.19. The molecule has 0 spiro atoms. The smallest absolute Gasteiger partial charge is 0.322 e. The Labute approximate surface area is 217 Å². The third-order valence-corrected chi connectivity index (χ3v) is 7.53. The van der Waals surface area contributed by atoms with E-state index in [1.807, 2.05) is 24.3 Å². The van der Waals surface area contributed by atoms with E-state index in [-0.39, 0.29) is 19.0 Å². The van der Waals surface area contributed by atoms with Crippen LogP contribution >= 0.6 is 0 Å². The zero-order chi connectivity index (χ0) is 27.2. The highest BCUT2D eigenvalue weighted by Gasteiger charge is 2.32. The second-order valence-corrected chi connectivity index (χ2v) is 10.6. The molecule has 194 valence electrons. The second-order valence-electron chi connectivity index (χ2n) is 8.91. The van der Waals surface area contributed by atoms with Crippen molar-refractivity contribution >= 4 is 27.8 Å². The third-order valence-electron chi connectivity index (χ3n) is 5.93. The van der Waals surface area contributed by atoms with Crippen molar-refractivity contribution < 1.29 is 23.1 Å². The first-order chi connectivity index (χ1) is 17.5. The number of hydrogen-bond donors (Lipinski definition) is 2. The minimum Gasteiger partial charge on any atom is -0.480 e. The molecule has 3 rings (SSSR count). The number of hydrogen-bond acceptors (Lipinski definition) is 6. The van der Waals surface area contributed by atoms with Crippen LogP contribution in [0.15, 0.2) is 48.5 Å². The molecule has 0 radical (unpaired) electrons. The average Bonchev–Trinajstić information content (AvgIpc) is 2.90. The van der Waals surface area contributed by atoms with Crippen molar-refractivity contribution in [3.63, 3.8) is 0 Å². The molecule has 1 heterocycles. The molecule has 0 bridgehead atoms. The molecule has 37 heavy (non-hydrogen) atoms. The maximum Gasteiger partial charge on any atom is 0.322 e. The van der Waals surface area contributed by atoms with E-state index in [1.165, 1.54) is 11.4 Å². The molecule has 0 aliphatic carbocycles. The minimum atomic E-state index is -3.92. The normalized spacial score (nSPS) is 14.8. The van der Waals surface area contributed by atoms with E-state index in [0.29, 0.717) is 24.2 Å². The topological polar surface area (TPSA) is 134 Å². The molecule has 1 atom stereocenters. The lowest BCUT2D eigenvalue weighted by Crippen LogP contribution is -2.55. The van der Waals surface area contributed by atoms with Crippen LogP contribution in [0.25, 0.3) is 0 Å². The van der Waals surface area contributed by atoms with E-state index < -0.39 is 28.1 Å². The van der Waals surface area contributed by atoms with Crippen LogP contribution in [0.4, 0.5) is 5.69 Å². The molecular formula is C26H29N5O5S. The van der Waals surface area contributed by atoms with Gasteiger partial charge in [0.05, 0.1) is 0 Å². The maximum atomic E-state index is 12.7. The van der Waals surface area contributed by atoms with Crippen LogP contribution < -0.4 is 9.62 Å². The molecule has 2 aromatic rings. The Bertz CT molecular complexity index is 1350. The Kier molecular flexibility index (Phi) is 8.90. The lowest BCUT2D eigenvalue weighted by Gasteiger charge is -2.36. The third kappa shape index (κ3) is 7.08. The van der Waals surface area contributed by atoms with Crippen molar-refractivity contribution in [3.05, 3.63) is 65.2 Å². The SMILES string of the molecule is CC(C)[C@@H](NS(=O)(=O)N1CCN(c2ccc(C#Cc3cccc(C(=O)N(C)C#N)c3)cc2)CC1)C(=O)O. The number of nitrogens with zero attached hydrogens (tertiary/aromatic N) is 4. The van der Waals surface area contributed by atoms with Gasteiger partial charge in [0, 0.05) is 55.6 Å². The molecule has 1 aliphatic rings. The number of nitriles is 1. The number of carbonyl (C=O) groups excluding carboxylic acids is 1. The van der Waals surface area contributed by atoms with E-state index in [0.717, 1.165) is 16.2 Å². The van der Waals surface area contributed by atoms with E-state index in [2.05, 4.69) is 21.5 Å². The maximum absolute atomic E-state index is 12.7. The fraction of sp³-hybridized carbons (Fsp3) is 0.346. The molecule has 10 nitrogen and oxygen atoms in total. The minimum absolute atomic E-state index is 0.234. The molecule has 2 aromatic carbocycles. The Morgan fingerprint density at radius 1 is 1.03 bits per heavy atom. The number of carboxylic acids is 1. The van der Waals surface area contributed by atoms with Gasteiger partial charge < -0.3 is 10.0 Å². The van der Waals surface area contributed by atoms with Crippen molar-refractivity contribution in [2.45, 2.75) is 19.9 Å². The highest BCUT2D eigenvalue weighted by molar-refractivity contribution is 7.87. The van der Waals surface area contributed by atoms with Gasteiger partial charge in [0.15, 0.2) is 6.19 Å². The number of carbonyl (C=O) groups is 2. The number of piperazine rings is 1. The van der Waals surface area contributed by atoms with Crippen LogP contribution in [0.1, 0.15) is 35.3 Å². The summed E-state index contributed by atoms with van der Waals surface area (Å²) in [5, 5.41) is 18.2. The summed E-state index contributed by atoms with van der Waals surface area (Å²) >= 11 is 0. The van der Waals surface area contributed by atoms with Crippen molar-refractivity contribution in [2.75, 3.05) is 38.1 Å². The van der Waals surface area contributed by atoms with Gasteiger partial charge in [-0.3, -0.25) is 9.59 Å². The Balaban J connectivity index is 1.62. The summed E-state index contributed by atoms with van der Waals surface area (Å²) < 4.78 is 28.9. The number of anilines is 1.